The first-order valence-electron chi connectivity index (χ1n) is 16.2. The van der Waals surface area contributed by atoms with E-state index in [4.69, 9.17) is 9.98 Å². The van der Waals surface area contributed by atoms with Gasteiger partial charge in [0.25, 0.3) is 0 Å². The molecule has 2 aliphatic heterocycles. The highest BCUT2D eigenvalue weighted by Crippen LogP contribution is 2.48. The van der Waals surface area contributed by atoms with E-state index in [1.165, 1.54) is 43.3 Å². The maximum atomic E-state index is 5.12. The lowest BCUT2D eigenvalue weighted by molar-refractivity contribution is 0.662. The first kappa shape index (κ1) is 27.9. The van der Waals surface area contributed by atoms with Gasteiger partial charge in [-0.15, -0.1) is 0 Å². The Morgan fingerprint density at radius 1 is 0.638 bits per heavy atom. The molecule has 0 saturated heterocycles. The quantitative estimate of drug-likeness (QED) is 0.188. The minimum atomic E-state index is -0.279. The van der Waals surface area contributed by atoms with Crippen LogP contribution in [0.25, 0.3) is 32.7 Å². The smallest absolute Gasteiger partial charge is 0.159 e. The van der Waals surface area contributed by atoms with Gasteiger partial charge in [0.15, 0.2) is 5.84 Å². The molecule has 6 aromatic rings. The Balaban J connectivity index is 1.10. The van der Waals surface area contributed by atoms with Gasteiger partial charge in [-0.2, -0.15) is 0 Å². The van der Waals surface area contributed by atoms with Crippen molar-refractivity contribution in [3.63, 3.8) is 0 Å². The highest BCUT2D eigenvalue weighted by molar-refractivity contribution is 8.00. The molecule has 0 saturated carbocycles. The molecule has 4 nitrogen and oxygen atoms in total. The second-order valence-corrected chi connectivity index (χ2v) is 13.4. The van der Waals surface area contributed by atoms with Crippen molar-refractivity contribution >= 4 is 50.7 Å². The normalized spacial score (nSPS) is 20.0. The van der Waals surface area contributed by atoms with Crippen molar-refractivity contribution in [1.29, 1.82) is 0 Å². The number of anilines is 1. The first-order chi connectivity index (χ1) is 23.3. The summed E-state index contributed by atoms with van der Waals surface area (Å²) in [6, 6.07) is 45.1. The zero-order valence-electron chi connectivity index (χ0n) is 25.7. The number of thioether (sulfide) groups is 1. The Morgan fingerprint density at radius 2 is 1.43 bits per heavy atom. The number of nitrogens with zero attached hydrogens (tertiary/aromatic N) is 2. The first-order valence-corrected chi connectivity index (χ1v) is 17.0. The Labute approximate surface area is 278 Å². The average Bonchev–Trinajstić information content (AvgIpc) is 3.60. The zero-order valence-corrected chi connectivity index (χ0v) is 26.5. The molecule has 3 unspecified atom stereocenters. The van der Waals surface area contributed by atoms with Crippen molar-refractivity contribution in [3.05, 3.63) is 168 Å². The van der Waals surface area contributed by atoms with Crippen molar-refractivity contribution in [2.45, 2.75) is 22.9 Å². The van der Waals surface area contributed by atoms with Crippen LogP contribution in [-0.4, -0.2) is 17.0 Å². The van der Waals surface area contributed by atoms with Crippen LogP contribution in [0, 0.1) is 5.92 Å². The minimum Gasteiger partial charge on any atom is -0.371 e. The molecule has 2 heterocycles. The topological polar surface area (TPSA) is 48.8 Å². The summed E-state index contributed by atoms with van der Waals surface area (Å²) in [6.45, 7) is 0. The lowest BCUT2D eigenvalue weighted by Gasteiger charge is -2.24. The number of amidine groups is 2. The van der Waals surface area contributed by atoms with Gasteiger partial charge in [0, 0.05) is 27.3 Å². The molecule has 1 aliphatic carbocycles. The summed E-state index contributed by atoms with van der Waals surface area (Å²) in [6.07, 6.45) is 9.71. The van der Waals surface area contributed by atoms with Crippen LogP contribution < -0.4 is 10.6 Å². The highest BCUT2D eigenvalue weighted by atomic mass is 32.2. The number of benzene rings is 6. The fourth-order valence-electron chi connectivity index (χ4n) is 6.85. The van der Waals surface area contributed by atoms with Crippen molar-refractivity contribution in [3.8, 4) is 11.1 Å². The monoisotopic (exact) mass is 624 g/mol. The van der Waals surface area contributed by atoms with Crippen molar-refractivity contribution in [2.24, 2.45) is 15.9 Å². The number of hydrogen-bond donors (Lipinski definition) is 2. The molecule has 5 heteroatoms. The summed E-state index contributed by atoms with van der Waals surface area (Å²) in [7, 11) is 0. The van der Waals surface area contributed by atoms with Gasteiger partial charge in [0.2, 0.25) is 0 Å². The summed E-state index contributed by atoms with van der Waals surface area (Å²) in [5, 5.41) is 12.9. The molecule has 226 valence electrons. The molecule has 0 aromatic heterocycles. The van der Waals surface area contributed by atoms with Crippen molar-refractivity contribution in [1.82, 2.24) is 5.32 Å². The van der Waals surface area contributed by atoms with Crippen LogP contribution in [-0.2, 0) is 0 Å². The Hall–Kier alpha value is -5.39. The Morgan fingerprint density at radius 3 is 2.26 bits per heavy atom. The van der Waals surface area contributed by atoms with Crippen molar-refractivity contribution < 1.29 is 0 Å². The molecule has 0 amide bonds. The fraction of sp³-hybridized carbons (Fsp3) is 0.0952. The molecule has 6 aromatic carbocycles. The molecule has 0 bridgehead atoms. The number of rotatable bonds is 5. The maximum absolute atomic E-state index is 5.12. The van der Waals surface area contributed by atoms with E-state index in [9.17, 15) is 0 Å². The lowest BCUT2D eigenvalue weighted by atomic mass is 9.97. The van der Waals surface area contributed by atoms with Gasteiger partial charge in [-0.25, -0.2) is 9.98 Å². The van der Waals surface area contributed by atoms with Crippen molar-refractivity contribution in [2.75, 3.05) is 5.32 Å². The number of allylic oxidation sites excluding steroid dienone is 3. The molecular weight excluding hydrogens is 593 g/mol. The predicted molar refractivity (Wildman–Crippen MR) is 198 cm³/mol. The number of nitrogens with one attached hydrogen (secondary N) is 2. The van der Waals surface area contributed by atoms with Gasteiger partial charge in [-0.1, -0.05) is 145 Å². The van der Waals surface area contributed by atoms with Gasteiger partial charge in [0.1, 0.15) is 12.0 Å². The van der Waals surface area contributed by atoms with E-state index in [-0.39, 0.29) is 6.17 Å². The molecule has 0 spiro atoms. The van der Waals surface area contributed by atoms with E-state index < -0.39 is 0 Å². The molecular formula is C42H32N4S. The third-order valence-corrected chi connectivity index (χ3v) is 10.6. The Bertz CT molecular complexity index is 2270. The summed E-state index contributed by atoms with van der Waals surface area (Å²) in [5.41, 5.74) is 6.74. The maximum Gasteiger partial charge on any atom is 0.159 e. The third kappa shape index (κ3) is 5.23. The van der Waals surface area contributed by atoms with Gasteiger partial charge in [-0.3, -0.25) is 0 Å². The number of hydrogen-bond acceptors (Lipinski definition) is 5. The average molecular weight is 625 g/mol. The van der Waals surface area contributed by atoms with Crippen LogP contribution in [0.3, 0.4) is 0 Å². The summed E-state index contributed by atoms with van der Waals surface area (Å²) < 4.78 is 0. The largest absolute Gasteiger partial charge is 0.371 e. The SMILES string of the molecule is C1=CCC(C2Nc3c(ccc4ccc5cc(C6=NC(c7ccccc7)=NC(c7cccc(-c8ccccc8)c7)N6)ccc5c34)S2)C=C1. The molecule has 47 heavy (non-hydrogen) atoms. The van der Waals surface area contributed by atoms with E-state index in [1.54, 1.807) is 0 Å². The predicted octanol–water partition coefficient (Wildman–Crippen LogP) is 10.1. The van der Waals surface area contributed by atoms with Crippen LogP contribution in [0.15, 0.2) is 167 Å². The van der Waals surface area contributed by atoms with Gasteiger partial charge < -0.3 is 10.6 Å². The summed E-state index contributed by atoms with van der Waals surface area (Å²) >= 11 is 1.95. The number of aliphatic imine (C=N–C) groups is 2. The standard InChI is InChI=1S/C42H32N4S/c1-4-11-27(12-5-1)31-17-10-18-33(25-31)40-44-39(29-13-6-2-7-14-29)45-41(46-40)34-21-23-35-32(26-34)20-19-28-22-24-36-38(37(28)35)43-42(47-36)30-15-8-3-9-16-30/h1-15,17-26,30,40,42-43H,16H2,(H,44,45,46). The zero-order chi connectivity index (χ0) is 31.2. The minimum absolute atomic E-state index is 0.279. The number of fused-ring (bicyclic) bond motifs is 5. The van der Waals surface area contributed by atoms with E-state index in [0.717, 1.165) is 34.8 Å². The van der Waals surface area contributed by atoms with E-state index in [1.807, 2.05) is 36.0 Å². The van der Waals surface area contributed by atoms with Crippen LogP contribution >= 0.6 is 11.8 Å². The van der Waals surface area contributed by atoms with Crippen LogP contribution in [0.4, 0.5) is 5.69 Å². The second-order valence-electron chi connectivity index (χ2n) is 12.3. The van der Waals surface area contributed by atoms with Crippen LogP contribution in [0.5, 0.6) is 0 Å². The van der Waals surface area contributed by atoms with Crippen LogP contribution in [0.1, 0.15) is 29.3 Å². The third-order valence-electron chi connectivity index (χ3n) is 9.26. The molecule has 0 fully saturated rings. The molecule has 0 radical (unpaired) electrons. The van der Waals surface area contributed by atoms with Gasteiger partial charge in [-0.05, 0) is 57.5 Å². The van der Waals surface area contributed by atoms with E-state index >= 15 is 0 Å². The van der Waals surface area contributed by atoms with Gasteiger partial charge >= 0.3 is 0 Å². The molecule has 9 rings (SSSR count). The lowest BCUT2D eigenvalue weighted by Crippen LogP contribution is -2.33. The molecule has 2 N–H and O–H groups in total. The summed E-state index contributed by atoms with van der Waals surface area (Å²) in [5.74, 6) is 2.02. The fourth-order valence-corrected chi connectivity index (χ4v) is 8.11. The molecule has 3 atom stereocenters. The second kappa shape index (κ2) is 11.8. The van der Waals surface area contributed by atoms with Crippen LogP contribution in [0.2, 0.25) is 0 Å². The van der Waals surface area contributed by atoms with Gasteiger partial charge in [0.05, 0.1) is 11.1 Å². The van der Waals surface area contributed by atoms with E-state index in [0.29, 0.717) is 11.3 Å². The summed E-state index contributed by atoms with van der Waals surface area (Å²) in [4.78, 5) is 11.5. The molecule has 3 aliphatic rings. The van der Waals surface area contributed by atoms with E-state index in [2.05, 4.69) is 138 Å². The Kier molecular flexibility index (Phi) is 6.98. The highest BCUT2D eigenvalue weighted by Gasteiger charge is 2.29.